The Morgan fingerprint density at radius 2 is 1.62 bits per heavy atom. The maximum Gasteiger partial charge on any atom is 0.416 e. The smallest absolute Gasteiger partial charge is 0.361 e. The quantitative estimate of drug-likeness (QED) is 0.297. The van der Waals surface area contributed by atoms with E-state index in [2.05, 4.69) is 48.6 Å². The van der Waals surface area contributed by atoms with Gasteiger partial charge in [0.25, 0.3) is 0 Å². The van der Waals surface area contributed by atoms with E-state index >= 15 is 0 Å². The molecule has 0 bridgehead atoms. The van der Waals surface area contributed by atoms with Crippen LogP contribution in [0.1, 0.15) is 39.7 Å². The van der Waals surface area contributed by atoms with Crippen LogP contribution in [0, 0.1) is 13.8 Å². The largest absolute Gasteiger partial charge is 0.416 e. The van der Waals surface area contributed by atoms with Crippen LogP contribution < -0.4 is 0 Å². The molecular formula is C30H30F3N7. The lowest BCUT2D eigenvalue weighted by atomic mass is 10.00. The predicted octanol–water partition coefficient (Wildman–Crippen LogP) is 5.69. The van der Waals surface area contributed by atoms with E-state index in [0.717, 1.165) is 48.0 Å². The molecule has 0 radical (unpaired) electrons. The summed E-state index contributed by atoms with van der Waals surface area (Å²) in [7, 11) is 0. The highest BCUT2D eigenvalue weighted by Crippen LogP contribution is 2.35. The third-order valence-electron chi connectivity index (χ3n) is 7.76. The Morgan fingerprint density at radius 1 is 0.900 bits per heavy atom. The van der Waals surface area contributed by atoms with Gasteiger partial charge in [-0.25, -0.2) is 0 Å². The molecule has 1 aliphatic heterocycles. The molecule has 1 aliphatic rings. The fourth-order valence-electron chi connectivity index (χ4n) is 5.75. The number of alkyl halides is 3. The van der Waals surface area contributed by atoms with E-state index in [-0.39, 0.29) is 0 Å². The predicted molar refractivity (Wildman–Crippen MR) is 147 cm³/mol. The average molecular weight is 546 g/mol. The first-order chi connectivity index (χ1) is 19.3. The minimum Gasteiger partial charge on any atom is -0.361 e. The van der Waals surface area contributed by atoms with Gasteiger partial charge in [-0.05, 0) is 64.7 Å². The summed E-state index contributed by atoms with van der Waals surface area (Å²) < 4.78 is 42.9. The third-order valence-corrected chi connectivity index (χ3v) is 7.76. The van der Waals surface area contributed by atoms with Crippen molar-refractivity contribution in [2.45, 2.75) is 32.6 Å². The second kappa shape index (κ2) is 10.5. The summed E-state index contributed by atoms with van der Waals surface area (Å²) in [6, 6.07) is 19.2. The summed E-state index contributed by atoms with van der Waals surface area (Å²) in [5.41, 5.74) is 5.00. The highest BCUT2D eigenvalue weighted by atomic mass is 19.4. The third kappa shape index (κ3) is 5.00. The Hall–Kier alpha value is -4.02. The van der Waals surface area contributed by atoms with Gasteiger partial charge in [-0.15, -0.1) is 5.10 Å². The Labute approximate surface area is 230 Å². The maximum atomic E-state index is 13.7. The molecule has 0 spiro atoms. The Morgan fingerprint density at radius 3 is 2.38 bits per heavy atom. The summed E-state index contributed by atoms with van der Waals surface area (Å²) in [6.07, 6.45) is -2.39. The van der Waals surface area contributed by atoms with Gasteiger partial charge in [0, 0.05) is 49.8 Å². The SMILES string of the molecule is Cc1cccc(C)c1-n1nnnc1[C@H](c1cccc(C(F)(F)F)c1)N1CCN(Cc2c[nH]c3ccccc23)CC1. The number of tetrazole rings is 1. The Kier molecular flexibility index (Phi) is 6.89. The summed E-state index contributed by atoms with van der Waals surface area (Å²) in [4.78, 5) is 7.91. The van der Waals surface area contributed by atoms with E-state index in [4.69, 9.17) is 0 Å². The molecule has 1 saturated heterocycles. The van der Waals surface area contributed by atoms with Crippen molar-refractivity contribution in [3.8, 4) is 5.69 Å². The molecule has 5 aromatic rings. The standard InChI is InChI=1S/C30H30F3N7/c1-20-7-5-8-21(2)27(20)40-29(35-36-37-40)28(22-9-6-10-24(17-22)30(31,32)33)39-15-13-38(14-16-39)19-23-18-34-26-12-4-3-11-25(23)26/h3-12,17-18,28,34H,13-16,19H2,1-2H3/t28-/m0/s1. The van der Waals surface area contributed by atoms with Gasteiger partial charge in [-0.3, -0.25) is 9.80 Å². The number of aromatic amines is 1. The molecule has 3 heterocycles. The number of hydrogen-bond donors (Lipinski definition) is 1. The number of H-pyrrole nitrogens is 1. The number of aryl methyl sites for hydroxylation is 2. The summed E-state index contributed by atoms with van der Waals surface area (Å²) in [5, 5.41) is 13.9. The zero-order chi connectivity index (χ0) is 27.9. The first-order valence-electron chi connectivity index (χ1n) is 13.3. The number of nitrogens with zero attached hydrogens (tertiary/aromatic N) is 6. The minimum absolute atomic E-state index is 0.502. The maximum absolute atomic E-state index is 13.7. The highest BCUT2D eigenvalue weighted by Gasteiger charge is 2.35. The second-order valence-corrected chi connectivity index (χ2v) is 10.4. The molecule has 0 saturated carbocycles. The first-order valence-corrected chi connectivity index (χ1v) is 13.3. The number of para-hydroxylation sites is 2. The number of fused-ring (bicyclic) bond motifs is 1. The Bertz CT molecular complexity index is 1610. The molecule has 1 N–H and O–H groups in total. The van der Waals surface area contributed by atoms with Crippen LogP contribution in [0.15, 0.2) is 72.9 Å². The summed E-state index contributed by atoms with van der Waals surface area (Å²) in [6.45, 7) is 7.60. The number of hydrogen-bond acceptors (Lipinski definition) is 5. The fourth-order valence-corrected chi connectivity index (χ4v) is 5.75. The van der Waals surface area contributed by atoms with Crippen molar-refractivity contribution < 1.29 is 13.2 Å². The van der Waals surface area contributed by atoms with Crippen molar-refractivity contribution in [2.24, 2.45) is 0 Å². The molecule has 3 aromatic carbocycles. The van der Waals surface area contributed by atoms with Gasteiger partial charge >= 0.3 is 6.18 Å². The van der Waals surface area contributed by atoms with Crippen LogP contribution in [0.25, 0.3) is 16.6 Å². The van der Waals surface area contributed by atoms with Crippen LogP contribution in [0.3, 0.4) is 0 Å². The monoisotopic (exact) mass is 545 g/mol. The van der Waals surface area contributed by atoms with Gasteiger partial charge in [-0.2, -0.15) is 17.9 Å². The molecule has 0 unspecified atom stereocenters. The summed E-state index contributed by atoms with van der Waals surface area (Å²) in [5.74, 6) is 0.502. The first kappa shape index (κ1) is 26.2. The topological polar surface area (TPSA) is 65.9 Å². The van der Waals surface area contributed by atoms with Gasteiger partial charge in [0.15, 0.2) is 5.82 Å². The second-order valence-electron chi connectivity index (χ2n) is 10.4. The van der Waals surface area contributed by atoms with Gasteiger partial charge in [-0.1, -0.05) is 48.5 Å². The number of aromatic nitrogens is 5. The molecule has 7 nitrogen and oxygen atoms in total. The molecule has 6 rings (SSSR count). The van der Waals surface area contributed by atoms with E-state index in [1.807, 2.05) is 44.2 Å². The van der Waals surface area contributed by atoms with Crippen molar-refractivity contribution in [3.05, 3.63) is 107 Å². The van der Waals surface area contributed by atoms with Gasteiger partial charge < -0.3 is 4.98 Å². The number of halogens is 3. The van der Waals surface area contributed by atoms with E-state index in [1.165, 1.54) is 23.1 Å². The lowest BCUT2D eigenvalue weighted by molar-refractivity contribution is -0.137. The van der Waals surface area contributed by atoms with Crippen molar-refractivity contribution in [2.75, 3.05) is 26.2 Å². The van der Waals surface area contributed by atoms with Gasteiger partial charge in [0.1, 0.15) is 0 Å². The van der Waals surface area contributed by atoms with Crippen LogP contribution in [0.5, 0.6) is 0 Å². The van der Waals surface area contributed by atoms with Crippen LogP contribution >= 0.6 is 0 Å². The fraction of sp³-hybridized carbons (Fsp3) is 0.300. The number of nitrogens with one attached hydrogen (secondary N) is 1. The van der Waals surface area contributed by atoms with E-state index < -0.39 is 17.8 Å². The molecule has 1 fully saturated rings. The zero-order valence-electron chi connectivity index (χ0n) is 22.4. The normalized spacial score (nSPS) is 16.0. The zero-order valence-corrected chi connectivity index (χ0v) is 22.4. The molecule has 2 aromatic heterocycles. The molecule has 1 atom stereocenters. The lowest BCUT2D eigenvalue weighted by Crippen LogP contribution is -2.48. The van der Waals surface area contributed by atoms with E-state index in [9.17, 15) is 13.2 Å². The molecule has 0 amide bonds. The number of rotatable bonds is 6. The summed E-state index contributed by atoms with van der Waals surface area (Å²) >= 11 is 0. The highest BCUT2D eigenvalue weighted by molar-refractivity contribution is 5.82. The van der Waals surface area contributed by atoms with Gasteiger partial charge in [0.2, 0.25) is 0 Å². The van der Waals surface area contributed by atoms with Crippen LogP contribution in [-0.4, -0.2) is 61.2 Å². The van der Waals surface area contributed by atoms with Crippen LogP contribution in [0.2, 0.25) is 0 Å². The average Bonchev–Trinajstić information content (AvgIpc) is 3.57. The number of benzene rings is 3. The lowest BCUT2D eigenvalue weighted by Gasteiger charge is -2.39. The molecule has 206 valence electrons. The number of piperazine rings is 1. The molecular weight excluding hydrogens is 515 g/mol. The van der Waals surface area contributed by atoms with Crippen LogP contribution in [0.4, 0.5) is 13.2 Å². The minimum atomic E-state index is -4.45. The van der Waals surface area contributed by atoms with Crippen molar-refractivity contribution in [1.82, 2.24) is 35.0 Å². The van der Waals surface area contributed by atoms with Crippen molar-refractivity contribution in [3.63, 3.8) is 0 Å². The molecule has 0 aliphatic carbocycles. The van der Waals surface area contributed by atoms with Crippen LogP contribution in [-0.2, 0) is 12.7 Å². The molecule has 40 heavy (non-hydrogen) atoms. The van der Waals surface area contributed by atoms with Gasteiger partial charge in [0.05, 0.1) is 17.3 Å². The van der Waals surface area contributed by atoms with Crippen molar-refractivity contribution in [1.29, 1.82) is 0 Å². The van der Waals surface area contributed by atoms with E-state index in [0.29, 0.717) is 24.5 Å². The molecule has 10 heteroatoms. The Balaban J connectivity index is 1.33. The van der Waals surface area contributed by atoms with E-state index in [1.54, 1.807) is 10.7 Å². The van der Waals surface area contributed by atoms with Crippen molar-refractivity contribution >= 4 is 10.9 Å².